The summed E-state index contributed by atoms with van der Waals surface area (Å²) in [7, 11) is -2.02. The van der Waals surface area contributed by atoms with Gasteiger partial charge >= 0.3 is 0 Å². The Morgan fingerprint density at radius 1 is 1.17 bits per heavy atom. The van der Waals surface area contributed by atoms with Crippen molar-refractivity contribution in [2.24, 2.45) is 0 Å². The van der Waals surface area contributed by atoms with Gasteiger partial charge in [0.25, 0.3) is 0 Å². The molecular weight excluding hydrogens is 346 g/mol. The number of halogens is 1. The van der Waals surface area contributed by atoms with Crippen molar-refractivity contribution in [2.75, 3.05) is 13.7 Å². The Morgan fingerprint density at radius 3 is 2.50 bits per heavy atom. The molecule has 1 saturated heterocycles. The molecule has 1 heterocycles. The third-order valence-corrected chi connectivity index (χ3v) is 6.77. The van der Waals surface area contributed by atoms with Crippen LogP contribution in [0, 0.1) is 6.92 Å². The summed E-state index contributed by atoms with van der Waals surface area (Å²) in [5.41, 5.74) is 1.91. The van der Waals surface area contributed by atoms with E-state index < -0.39 is 10.0 Å². The molecule has 128 valence electrons. The van der Waals surface area contributed by atoms with Crippen LogP contribution in [0.25, 0.3) is 0 Å². The lowest BCUT2D eigenvalue weighted by Gasteiger charge is -2.25. The zero-order chi connectivity index (χ0) is 17.3. The number of methoxy groups -OCH3 is 1. The van der Waals surface area contributed by atoms with E-state index in [2.05, 4.69) is 0 Å². The number of aryl methyl sites for hydroxylation is 1. The van der Waals surface area contributed by atoms with Crippen molar-refractivity contribution in [1.82, 2.24) is 4.31 Å². The minimum atomic E-state index is -3.63. The third kappa shape index (κ3) is 3.16. The minimum Gasteiger partial charge on any atom is -0.497 e. The number of benzene rings is 2. The van der Waals surface area contributed by atoms with Crippen molar-refractivity contribution in [3.05, 3.63) is 58.6 Å². The predicted molar refractivity (Wildman–Crippen MR) is 95.0 cm³/mol. The molecule has 0 aromatic heterocycles. The molecule has 0 bridgehead atoms. The van der Waals surface area contributed by atoms with Crippen LogP contribution < -0.4 is 4.74 Å². The number of hydrogen-bond donors (Lipinski definition) is 0. The lowest BCUT2D eigenvalue weighted by atomic mass is 10.1. The second kappa shape index (κ2) is 6.75. The molecule has 1 fully saturated rings. The quantitative estimate of drug-likeness (QED) is 0.816. The summed E-state index contributed by atoms with van der Waals surface area (Å²) in [4.78, 5) is 0.176. The van der Waals surface area contributed by atoms with Crippen LogP contribution in [0.3, 0.4) is 0 Å². The van der Waals surface area contributed by atoms with Gasteiger partial charge in [0.2, 0.25) is 10.0 Å². The van der Waals surface area contributed by atoms with Gasteiger partial charge in [-0.15, -0.1) is 0 Å². The summed E-state index contributed by atoms with van der Waals surface area (Å²) in [5, 5.41) is 0.274. The smallest absolute Gasteiger partial charge is 0.245 e. The molecule has 4 nitrogen and oxygen atoms in total. The van der Waals surface area contributed by atoms with Crippen LogP contribution in [0.4, 0.5) is 0 Å². The first-order valence-corrected chi connectivity index (χ1v) is 9.67. The topological polar surface area (TPSA) is 46.6 Å². The highest BCUT2D eigenvalue weighted by atomic mass is 35.5. The standard InChI is InChI=1S/C18H20ClNO3S/c1-13-5-10-18(16(19)12-13)24(21,22)20-11-3-4-17(20)14-6-8-15(23-2)9-7-14/h5-10,12,17H,3-4,11H2,1-2H3. The summed E-state index contributed by atoms with van der Waals surface area (Å²) in [5.74, 6) is 0.757. The number of ether oxygens (including phenoxy) is 1. The molecule has 0 saturated carbocycles. The van der Waals surface area contributed by atoms with Gasteiger partial charge < -0.3 is 4.74 Å². The van der Waals surface area contributed by atoms with E-state index in [0.717, 1.165) is 29.7 Å². The Kier molecular flexibility index (Phi) is 4.85. The highest BCUT2D eigenvalue weighted by Gasteiger charge is 2.37. The van der Waals surface area contributed by atoms with Crippen LogP contribution >= 0.6 is 11.6 Å². The molecule has 0 N–H and O–H groups in total. The average molecular weight is 366 g/mol. The maximum atomic E-state index is 13.1. The lowest BCUT2D eigenvalue weighted by Crippen LogP contribution is -2.30. The van der Waals surface area contributed by atoms with Crippen LogP contribution in [-0.4, -0.2) is 26.4 Å². The Balaban J connectivity index is 1.96. The maximum Gasteiger partial charge on any atom is 0.245 e. The molecule has 2 aromatic rings. The van der Waals surface area contributed by atoms with Crippen molar-refractivity contribution in [3.63, 3.8) is 0 Å². The summed E-state index contributed by atoms with van der Waals surface area (Å²) in [6, 6.07) is 12.5. The van der Waals surface area contributed by atoms with Gasteiger partial charge in [-0.2, -0.15) is 4.31 Å². The van der Waals surface area contributed by atoms with E-state index in [0.29, 0.717) is 6.54 Å². The lowest BCUT2D eigenvalue weighted by molar-refractivity contribution is 0.394. The van der Waals surface area contributed by atoms with E-state index in [9.17, 15) is 8.42 Å². The first-order valence-electron chi connectivity index (χ1n) is 7.85. The zero-order valence-electron chi connectivity index (χ0n) is 13.7. The van der Waals surface area contributed by atoms with Gasteiger partial charge in [0.05, 0.1) is 18.2 Å². The van der Waals surface area contributed by atoms with Crippen molar-refractivity contribution in [1.29, 1.82) is 0 Å². The van der Waals surface area contributed by atoms with Gasteiger partial charge in [0.1, 0.15) is 10.6 Å². The van der Waals surface area contributed by atoms with Gasteiger partial charge in [0.15, 0.2) is 0 Å². The largest absolute Gasteiger partial charge is 0.497 e. The summed E-state index contributed by atoms with van der Waals surface area (Å²) in [6.45, 7) is 2.39. The van der Waals surface area contributed by atoms with E-state index in [1.54, 1.807) is 29.6 Å². The number of sulfonamides is 1. The van der Waals surface area contributed by atoms with Crippen molar-refractivity contribution in [2.45, 2.75) is 30.7 Å². The monoisotopic (exact) mass is 365 g/mol. The van der Waals surface area contributed by atoms with Gasteiger partial charge in [-0.1, -0.05) is 29.8 Å². The van der Waals surface area contributed by atoms with Gasteiger partial charge in [-0.25, -0.2) is 8.42 Å². The van der Waals surface area contributed by atoms with Crippen molar-refractivity contribution >= 4 is 21.6 Å². The molecule has 0 spiro atoms. The molecule has 1 atom stereocenters. The molecule has 0 aliphatic carbocycles. The third-order valence-electron chi connectivity index (χ3n) is 4.38. The minimum absolute atomic E-state index is 0.168. The average Bonchev–Trinajstić information content (AvgIpc) is 3.05. The summed E-state index contributed by atoms with van der Waals surface area (Å²) < 4.78 is 32.9. The highest BCUT2D eigenvalue weighted by Crippen LogP contribution is 2.38. The molecule has 1 aliphatic heterocycles. The predicted octanol–water partition coefficient (Wildman–Crippen LogP) is 4.18. The zero-order valence-corrected chi connectivity index (χ0v) is 15.3. The molecular formula is C18H20ClNO3S. The van der Waals surface area contributed by atoms with Crippen LogP contribution in [0.5, 0.6) is 5.75 Å². The van der Waals surface area contributed by atoms with Crippen molar-refractivity contribution in [3.8, 4) is 5.75 Å². The van der Waals surface area contributed by atoms with Crippen LogP contribution in [0.1, 0.15) is 30.0 Å². The van der Waals surface area contributed by atoms with Crippen LogP contribution in [0.15, 0.2) is 47.4 Å². The molecule has 0 amide bonds. The molecule has 2 aromatic carbocycles. The second-order valence-corrected chi connectivity index (χ2v) is 8.25. The Morgan fingerprint density at radius 2 is 1.88 bits per heavy atom. The Hall–Kier alpha value is -1.56. The van der Waals surface area contributed by atoms with E-state index in [1.807, 2.05) is 31.2 Å². The molecule has 0 radical (unpaired) electrons. The Labute approximate surface area is 148 Å². The number of hydrogen-bond acceptors (Lipinski definition) is 3. The van der Waals surface area contributed by atoms with Gasteiger partial charge in [-0.05, 0) is 55.2 Å². The Bertz CT molecular complexity index is 834. The van der Waals surface area contributed by atoms with E-state index >= 15 is 0 Å². The molecule has 1 aliphatic rings. The normalized spacial score (nSPS) is 18.7. The second-order valence-electron chi connectivity index (χ2n) is 5.98. The van der Waals surface area contributed by atoms with Crippen molar-refractivity contribution < 1.29 is 13.2 Å². The van der Waals surface area contributed by atoms with E-state index in [1.165, 1.54) is 0 Å². The summed E-state index contributed by atoms with van der Waals surface area (Å²) >= 11 is 6.20. The molecule has 24 heavy (non-hydrogen) atoms. The molecule has 1 unspecified atom stereocenters. The summed E-state index contributed by atoms with van der Waals surface area (Å²) in [6.07, 6.45) is 1.63. The fourth-order valence-electron chi connectivity index (χ4n) is 3.13. The van der Waals surface area contributed by atoms with Gasteiger partial charge in [-0.3, -0.25) is 0 Å². The van der Waals surface area contributed by atoms with E-state index in [4.69, 9.17) is 16.3 Å². The number of nitrogens with zero attached hydrogens (tertiary/aromatic N) is 1. The molecule has 6 heteroatoms. The van der Waals surface area contributed by atoms with Crippen LogP contribution in [0.2, 0.25) is 5.02 Å². The van der Waals surface area contributed by atoms with Gasteiger partial charge in [0, 0.05) is 6.54 Å². The molecule has 3 rings (SSSR count). The fourth-order valence-corrected chi connectivity index (χ4v) is 5.39. The maximum absolute atomic E-state index is 13.1. The number of rotatable bonds is 4. The highest BCUT2D eigenvalue weighted by molar-refractivity contribution is 7.89. The first-order chi connectivity index (χ1) is 11.4. The SMILES string of the molecule is COc1ccc(C2CCCN2S(=O)(=O)c2ccc(C)cc2Cl)cc1. The van der Waals surface area contributed by atoms with Crippen LogP contribution in [-0.2, 0) is 10.0 Å². The first kappa shape index (κ1) is 17.3. The fraction of sp³-hybridized carbons (Fsp3) is 0.333. The van der Waals surface area contributed by atoms with E-state index in [-0.39, 0.29) is 16.0 Å².